The van der Waals surface area contributed by atoms with Crippen molar-refractivity contribution in [3.05, 3.63) is 58.1 Å². The lowest BCUT2D eigenvalue weighted by Crippen LogP contribution is -2.12. The molecule has 0 aliphatic heterocycles. The Morgan fingerprint density at radius 1 is 1.26 bits per heavy atom. The maximum atomic E-state index is 12.1. The number of thiazole rings is 1. The number of aryl methyl sites for hydroxylation is 2. The summed E-state index contributed by atoms with van der Waals surface area (Å²) in [6.45, 7) is 1.93. The summed E-state index contributed by atoms with van der Waals surface area (Å²) in [5, 5.41) is 4.70. The standard InChI is InChI=1S/C18H17ClN2OS/c1-12-11-13(19)9-10-14(12)20-17(22)7-4-8-18-21-15-5-2-3-6-16(15)23-18/h2-3,5-6,9-11H,4,7-8H2,1H3,(H,20,22). The number of amides is 1. The fourth-order valence-electron chi connectivity index (χ4n) is 2.41. The van der Waals surface area contributed by atoms with Gasteiger partial charge in [0.05, 0.1) is 15.2 Å². The van der Waals surface area contributed by atoms with Crippen LogP contribution in [-0.4, -0.2) is 10.9 Å². The van der Waals surface area contributed by atoms with Gasteiger partial charge < -0.3 is 5.32 Å². The minimum absolute atomic E-state index is 0.0246. The summed E-state index contributed by atoms with van der Waals surface area (Å²) in [6, 6.07) is 13.6. The number of carbonyl (C=O) groups is 1. The van der Waals surface area contributed by atoms with E-state index in [9.17, 15) is 4.79 Å². The van der Waals surface area contributed by atoms with Crippen LogP contribution in [0.1, 0.15) is 23.4 Å². The predicted molar refractivity (Wildman–Crippen MR) is 97.4 cm³/mol. The molecule has 0 spiro atoms. The average Bonchev–Trinajstić information content (AvgIpc) is 2.93. The zero-order valence-electron chi connectivity index (χ0n) is 12.8. The molecule has 1 heterocycles. The summed E-state index contributed by atoms with van der Waals surface area (Å²) in [5.74, 6) is 0.0246. The Morgan fingerprint density at radius 3 is 2.87 bits per heavy atom. The summed E-state index contributed by atoms with van der Waals surface area (Å²) in [4.78, 5) is 16.6. The molecule has 0 atom stereocenters. The molecule has 0 bridgehead atoms. The van der Waals surface area contributed by atoms with Crippen molar-refractivity contribution in [1.82, 2.24) is 4.98 Å². The highest BCUT2D eigenvalue weighted by molar-refractivity contribution is 7.18. The lowest BCUT2D eigenvalue weighted by atomic mass is 10.2. The normalized spacial score (nSPS) is 10.9. The van der Waals surface area contributed by atoms with Gasteiger partial charge in [-0.05, 0) is 55.7 Å². The van der Waals surface area contributed by atoms with E-state index < -0.39 is 0 Å². The Kier molecular flexibility index (Phi) is 4.94. The van der Waals surface area contributed by atoms with Gasteiger partial charge in [0.15, 0.2) is 0 Å². The van der Waals surface area contributed by atoms with Gasteiger partial charge in [-0.25, -0.2) is 4.98 Å². The van der Waals surface area contributed by atoms with Gasteiger partial charge in [0.25, 0.3) is 0 Å². The highest BCUT2D eigenvalue weighted by Gasteiger charge is 2.07. The monoisotopic (exact) mass is 344 g/mol. The number of fused-ring (bicyclic) bond motifs is 1. The van der Waals surface area contributed by atoms with Crippen LogP contribution in [0.25, 0.3) is 10.2 Å². The second kappa shape index (κ2) is 7.11. The number of aromatic nitrogens is 1. The quantitative estimate of drug-likeness (QED) is 0.689. The Bertz CT molecular complexity index is 811. The van der Waals surface area contributed by atoms with E-state index >= 15 is 0 Å². The molecule has 1 amide bonds. The number of halogens is 1. The van der Waals surface area contributed by atoms with Gasteiger partial charge in [0, 0.05) is 17.1 Å². The molecule has 3 rings (SSSR count). The number of hydrogen-bond donors (Lipinski definition) is 1. The van der Waals surface area contributed by atoms with Crippen molar-refractivity contribution < 1.29 is 4.79 Å². The third kappa shape index (κ3) is 4.09. The first-order chi connectivity index (χ1) is 11.1. The number of benzene rings is 2. The SMILES string of the molecule is Cc1cc(Cl)ccc1NC(=O)CCCc1nc2ccccc2s1. The lowest BCUT2D eigenvalue weighted by molar-refractivity contribution is -0.116. The molecule has 1 N–H and O–H groups in total. The van der Waals surface area contributed by atoms with Gasteiger partial charge in [-0.2, -0.15) is 0 Å². The average molecular weight is 345 g/mol. The van der Waals surface area contributed by atoms with Crippen molar-refractivity contribution in [2.45, 2.75) is 26.2 Å². The first kappa shape index (κ1) is 16.0. The zero-order valence-corrected chi connectivity index (χ0v) is 14.4. The van der Waals surface area contributed by atoms with Gasteiger partial charge in [0.1, 0.15) is 0 Å². The number of hydrogen-bond acceptors (Lipinski definition) is 3. The molecule has 3 nitrogen and oxygen atoms in total. The van der Waals surface area contributed by atoms with Crippen molar-refractivity contribution >= 4 is 44.7 Å². The number of nitrogens with one attached hydrogen (secondary N) is 1. The van der Waals surface area contributed by atoms with Gasteiger partial charge in [-0.1, -0.05) is 23.7 Å². The number of para-hydroxylation sites is 1. The number of nitrogens with zero attached hydrogens (tertiary/aromatic N) is 1. The van der Waals surface area contributed by atoms with Crippen LogP contribution < -0.4 is 5.32 Å². The Balaban J connectivity index is 1.52. The predicted octanol–water partition coefficient (Wildman–Crippen LogP) is 5.22. The number of rotatable bonds is 5. The Hall–Kier alpha value is -1.91. The highest BCUT2D eigenvalue weighted by Crippen LogP contribution is 2.23. The molecule has 0 unspecified atom stereocenters. The van der Waals surface area contributed by atoms with E-state index in [1.807, 2.05) is 37.3 Å². The molecule has 5 heteroatoms. The minimum atomic E-state index is 0.0246. The molecule has 0 aliphatic rings. The molecular weight excluding hydrogens is 328 g/mol. The maximum Gasteiger partial charge on any atom is 0.224 e. The summed E-state index contributed by atoms with van der Waals surface area (Å²) in [6.07, 6.45) is 2.10. The van der Waals surface area contributed by atoms with Crippen molar-refractivity contribution in [3.63, 3.8) is 0 Å². The molecule has 2 aromatic carbocycles. The summed E-state index contributed by atoms with van der Waals surface area (Å²) in [7, 11) is 0. The molecule has 0 saturated carbocycles. The van der Waals surface area contributed by atoms with Gasteiger partial charge in [-0.15, -0.1) is 11.3 Å². The largest absolute Gasteiger partial charge is 0.326 e. The van der Waals surface area contributed by atoms with E-state index in [0.29, 0.717) is 11.4 Å². The Morgan fingerprint density at radius 2 is 2.09 bits per heavy atom. The van der Waals surface area contributed by atoms with Gasteiger partial charge >= 0.3 is 0 Å². The molecule has 0 radical (unpaired) electrons. The van der Waals surface area contributed by atoms with E-state index in [1.165, 1.54) is 4.70 Å². The van der Waals surface area contributed by atoms with Crippen LogP contribution in [0.4, 0.5) is 5.69 Å². The van der Waals surface area contributed by atoms with Crippen molar-refractivity contribution in [1.29, 1.82) is 0 Å². The number of anilines is 1. The minimum Gasteiger partial charge on any atom is -0.326 e. The fourth-order valence-corrected chi connectivity index (χ4v) is 3.64. The third-order valence-electron chi connectivity index (χ3n) is 3.60. The number of carbonyl (C=O) groups excluding carboxylic acids is 1. The van der Waals surface area contributed by atoms with Crippen molar-refractivity contribution in [3.8, 4) is 0 Å². The van der Waals surface area contributed by atoms with Gasteiger partial charge in [-0.3, -0.25) is 4.79 Å². The first-order valence-corrected chi connectivity index (χ1v) is 8.72. The van der Waals surface area contributed by atoms with E-state index in [-0.39, 0.29) is 5.91 Å². The van der Waals surface area contributed by atoms with E-state index in [0.717, 1.165) is 34.6 Å². The molecule has 118 valence electrons. The second-order valence-electron chi connectivity index (χ2n) is 5.44. The first-order valence-electron chi connectivity index (χ1n) is 7.52. The topological polar surface area (TPSA) is 42.0 Å². The fraction of sp³-hybridized carbons (Fsp3) is 0.222. The zero-order chi connectivity index (χ0) is 16.2. The van der Waals surface area contributed by atoms with Crippen LogP contribution in [0, 0.1) is 6.92 Å². The van der Waals surface area contributed by atoms with Crippen molar-refractivity contribution in [2.75, 3.05) is 5.32 Å². The molecule has 1 aromatic heterocycles. The Labute approximate surface area is 144 Å². The molecule has 0 aliphatic carbocycles. The highest BCUT2D eigenvalue weighted by atomic mass is 35.5. The van der Waals surface area contributed by atoms with Crippen LogP contribution >= 0.6 is 22.9 Å². The van der Waals surface area contributed by atoms with Crippen LogP contribution in [0.15, 0.2) is 42.5 Å². The summed E-state index contributed by atoms with van der Waals surface area (Å²) < 4.78 is 1.20. The third-order valence-corrected chi connectivity index (χ3v) is 4.93. The molecule has 0 saturated heterocycles. The van der Waals surface area contributed by atoms with E-state index in [2.05, 4.69) is 16.4 Å². The smallest absolute Gasteiger partial charge is 0.224 e. The molecule has 23 heavy (non-hydrogen) atoms. The van der Waals surface area contributed by atoms with Crippen LogP contribution in [-0.2, 0) is 11.2 Å². The van der Waals surface area contributed by atoms with E-state index in [1.54, 1.807) is 17.4 Å². The van der Waals surface area contributed by atoms with E-state index in [4.69, 9.17) is 11.6 Å². The van der Waals surface area contributed by atoms with Crippen LogP contribution in [0.3, 0.4) is 0 Å². The van der Waals surface area contributed by atoms with Crippen LogP contribution in [0.2, 0.25) is 5.02 Å². The summed E-state index contributed by atoms with van der Waals surface area (Å²) >= 11 is 7.62. The second-order valence-corrected chi connectivity index (χ2v) is 6.99. The molecule has 3 aromatic rings. The maximum absolute atomic E-state index is 12.1. The lowest BCUT2D eigenvalue weighted by Gasteiger charge is -2.08. The van der Waals surface area contributed by atoms with Crippen LogP contribution in [0.5, 0.6) is 0 Å². The molecular formula is C18H17ClN2OS. The van der Waals surface area contributed by atoms with Gasteiger partial charge in [0.2, 0.25) is 5.91 Å². The summed E-state index contributed by atoms with van der Waals surface area (Å²) in [5.41, 5.74) is 2.82. The van der Waals surface area contributed by atoms with Crippen molar-refractivity contribution in [2.24, 2.45) is 0 Å². The molecule has 0 fully saturated rings.